The summed E-state index contributed by atoms with van der Waals surface area (Å²) in [6.07, 6.45) is 3.03. The Hall–Kier alpha value is -1.34. The van der Waals surface area contributed by atoms with Crippen LogP contribution in [0.4, 0.5) is 0 Å². The summed E-state index contributed by atoms with van der Waals surface area (Å²) in [7, 11) is 0. The zero-order chi connectivity index (χ0) is 9.68. The van der Waals surface area contributed by atoms with Gasteiger partial charge in [-0.2, -0.15) is 10.4 Å². The van der Waals surface area contributed by atoms with Crippen molar-refractivity contribution in [3.8, 4) is 6.07 Å². The Morgan fingerprint density at radius 1 is 1.69 bits per heavy atom. The molecule has 0 aromatic carbocycles. The Morgan fingerprint density at radius 2 is 2.46 bits per heavy atom. The summed E-state index contributed by atoms with van der Waals surface area (Å²) in [5, 5.41) is 12.9. The van der Waals surface area contributed by atoms with Crippen LogP contribution in [0.5, 0.6) is 0 Å². The maximum absolute atomic E-state index is 8.78. The van der Waals surface area contributed by atoms with Gasteiger partial charge in [0.15, 0.2) is 6.10 Å². The first-order valence-electron chi connectivity index (χ1n) is 4.35. The molecule has 0 aliphatic rings. The molecule has 1 heterocycles. The maximum atomic E-state index is 8.78. The van der Waals surface area contributed by atoms with Crippen LogP contribution in [-0.4, -0.2) is 16.4 Å². The van der Waals surface area contributed by atoms with Gasteiger partial charge >= 0.3 is 0 Å². The largest absolute Gasteiger partial charge is 0.359 e. The van der Waals surface area contributed by atoms with Crippen LogP contribution in [-0.2, 0) is 11.3 Å². The molecule has 0 spiro atoms. The summed E-state index contributed by atoms with van der Waals surface area (Å²) in [5.74, 6) is 0. The van der Waals surface area contributed by atoms with Crippen molar-refractivity contribution in [3.05, 3.63) is 18.0 Å². The number of aryl methyl sites for hydroxylation is 1. The minimum absolute atomic E-state index is 0.481. The molecule has 70 valence electrons. The Labute approximate surface area is 77.7 Å². The molecule has 1 aromatic heterocycles. The highest BCUT2D eigenvalue weighted by Gasteiger charge is 2.11. The van der Waals surface area contributed by atoms with Gasteiger partial charge in [0.25, 0.3) is 0 Å². The molecule has 0 N–H and O–H groups in total. The van der Waals surface area contributed by atoms with Crippen LogP contribution in [0.1, 0.15) is 25.5 Å². The third-order valence-electron chi connectivity index (χ3n) is 1.73. The third-order valence-corrected chi connectivity index (χ3v) is 1.73. The van der Waals surface area contributed by atoms with Crippen LogP contribution in [0, 0.1) is 11.3 Å². The van der Waals surface area contributed by atoms with Gasteiger partial charge in [0, 0.05) is 24.9 Å². The van der Waals surface area contributed by atoms with E-state index in [2.05, 4.69) is 11.2 Å². The lowest BCUT2D eigenvalue weighted by Gasteiger charge is -2.04. The summed E-state index contributed by atoms with van der Waals surface area (Å²) in [6, 6.07) is 2.08. The number of aromatic nitrogens is 2. The molecule has 0 fully saturated rings. The van der Waals surface area contributed by atoms with E-state index in [0.29, 0.717) is 6.61 Å². The minimum atomic E-state index is -0.481. The lowest BCUT2D eigenvalue weighted by atomic mass is 10.2. The van der Waals surface area contributed by atoms with Crippen LogP contribution in [0.15, 0.2) is 12.4 Å². The predicted octanol–water partition coefficient (Wildman–Crippen LogP) is 1.50. The van der Waals surface area contributed by atoms with Crippen molar-refractivity contribution in [1.82, 2.24) is 9.78 Å². The highest BCUT2D eigenvalue weighted by Crippen LogP contribution is 2.14. The fourth-order valence-electron chi connectivity index (χ4n) is 1.06. The Morgan fingerprint density at radius 3 is 2.92 bits per heavy atom. The first-order valence-corrected chi connectivity index (χ1v) is 4.35. The fourth-order valence-corrected chi connectivity index (χ4v) is 1.06. The summed E-state index contributed by atoms with van der Waals surface area (Å²) in [4.78, 5) is 0. The molecule has 0 aliphatic heterocycles. The van der Waals surface area contributed by atoms with E-state index in [1.165, 1.54) is 0 Å². The Balaban J connectivity index is 2.74. The van der Waals surface area contributed by atoms with E-state index in [9.17, 15) is 0 Å². The first kappa shape index (κ1) is 9.75. The molecular weight excluding hydrogens is 166 g/mol. The number of hydrogen-bond donors (Lipinski definition) is 0. The Kier molecular flexibility index (Phi) is 3.47. The molecule has 13 heavy (non-hydrogen) atoms. The molecule has 1 atom stereocenters. The van der Waals surface area contributed by atoms with Crippen molar-refractivity contribution in [2.24, 2.45) is 0 Å². The standard InChI is InChI=1S/C9H13N3O/c1-3-12-7-8(6-11-12)9(5-10)13-4-2/h6-7,9H,3-4H2,1-2H3. The van der Waals surface area contributed by atoms with Gasteiger partial charge in [0.05, 0.1) is 12.3 Å². The second kappa shape index (κ2) is 4.63. The summed E-state index contributed by atoms with van der Waals surface area (Å²) in [6.45, 7) is 5.22. The lowest BCUT2D eigenvalue weighted by Crippen LogP contribution is -2.00. The second-order valence-corrected chi connectivity index (χ2v) is 2.59. The van der Waals surface area contributed by atoms with Gasteiger partial charge in [-0.25, -0.2) is 0 Å². The van der Waals surface area contributed by atoms with Crippen LogP contribution >= 0.6 is 0 Å². The normalized spacial score (nSPS) is 12.4. The van der Waals surface area contributed by atoms with Gasteiger partial charge in [-0.05, 0) is 13.8 Å². The quantitative estimate of drug-likeness (QED) is 0.703. The average molecular weight is 179 g/mol. The minimum Gasteiger partial charge on any atom is -0.359 e. The molecule has 1 aromatic rings. The summed E-state index contributed by atoms with van der Waals surface area (Å²) in [5.41, 5.74) is 0.825. The summed E-state index contributed by atoms with van der Waals surface area (Å²) >= 11 is 0. The molecule has 0 amide bonds. The molecule has 0 aliphatic carbocycles. The van der Waals surface area contributed by atoms with Gasteiger partial charge in [0.1, 0.15) is 0 Å². The maximum Gasteiger partial charge on any atom is 0.172 e. The van der Waals surface area contributed by atoms with E-state index in [4.69, 9.17) is 10.00 Å². The zero-order valence-corrected chi connectivity index (χ0v) is 7.90. The van der Waals surface area contributed by atoms with Gasteiger partial charge in [-0.1, -0.05) is 0 Å². The first-order chi connectivity index (χ1) is 6.31. The van der Waals surface area contributed by atoms with Crippen molar-refractivity contribution in [2.75, 3.05) is 6.61 Å². The van der Waals surface area contributed by atoms with E-state index < -0.39 is 6.10 Å². The predicted molar refractivity (Wildman–Crippen MR) is 47.9 cm³/mol. The lowest BCUT2D eigenvalue weighted by molar-refractivity contribution is 0.102. The van der Waals surface area contributed by atoms with Crippen molar-refractivity contribution < 1.29 is 4.74 Å². The van der Waals surface area contributed by atoms with Crippen LogP contribution in [0.25, 0.3) is 0 Å². The molecule has 0 radical (unpaired) electrons. The number of nitrogens with zero attached hydrogens (tertiary/aromatic N) is 3. The molecule has 4 heteroatoms. The molecule has 4 nitrogen and oxygen atoms in total. The highest BCUT2D eigenvalue weighted by atomic mass is 16.5. The molecule has 0 saturated heterocycles. The number of hydrogen-bond acceptors (Lipinski definition) is 3. The third kappa shape index (κ3) is 2.30. The van der Waals surface area contributed by atoms with Gasteiger partial charge < -0.3 is 4.74 Å². The van der Waals surface area contributed by atoms with Crippen molar-refractivity contribution >= 4 is 0 Å². The van der Waals surface area contributed by atoms with Crippen LogP contribution in [0.2, 0.25) is 0 Å². The molecular formula is C9H13N3O. The van der Waals surface area contributed by atoms with E-state index in [-0.39, 0.29) is 0 Å². The van der Waals surface area contributed by atoms with Gasteiger partial charge in [0.2, 0.25) is 0 Å². The fraction of sp³-hybridized carbons (Fsp3) is 0.556. The average Bonchev–Trinajstić information content (AvgIpc) is 2.62. The van der Waals surface area contributed by atoms with Crippen LogP contribution < -0.4 is 0 Å². The van der Waals surface area contributed by atoms with E-state index in [1.807, 2.05) is 20.0 Å². The topological polar surface area (TPSA) is 50.8 Å². The number of ether oxygens (including phenoxy) is 1. The van der Waals surface area contributed by atoms with E-state index in [0.717, 1.165) is 12.1 Å². The van der Waals surface area contributed by atoms with Gasteiger partial charge in [-0.3, -0.25) is 4.68 Å². The zero-order valence-electron chi connectivity index (χ0n) is 7.90. The SMILES string of the molecule is CCOC(C#N)c1cnn(CC)c1. The molecule has 0 saturated carbocycles. The van der Waals surface area contributed by atoms with Gasteiger partial charge in [-0.15, -0.1) is 0 Å². The van der Waals surface area contributed by atoms with Crippen molar-refractivity contribution in [2.45, 2.75) is 26.5 Å². The van der Waals surface area contributed by atoms with Crippen molar-refractivity contribution in [3.63, 3.8) is 0 Å². The Bertz CT molecular complexity index is 300. The van der Waals surface area contributed by atoms with Crippen molar-refractivity contribution in [1.29, 1.82) is 5.26 Å². The molecule has 1 rings (SSSR count). The van der Waals surface area contributed by atoms with E-state index >= 15 is 0 Å². The highest BCUT2D eigenvalue weighted by molar-refractivity contribution is 5.15. The number of nitriles is 1. The van der Waals surface area contributed by atoms with E-state index in [1.54, 1.807) is 10.9 Å². The smallest absolute Gasteiger partial charge is 0.172 e. The molecule has 1 unspecified atom stereocenters. The monoisotopic (exact) mass is 179 g/mol. The summed E-state index contributed by atoms with van der Waals surface area (Å²) < 4.78 is 7.00. The van der Waals surface area contributed by atoms with Crippen LogP contribution in [0.3, 0.4) is 0 Å². The molecule has 0 bridgehead atoms. The number of rotatable bonds is 4. The second-order valence-electron chi connectivity index (χ2n) is 2.59.